The fourth-order valence-corrected chi connectivity index (χ4v) is 2.58. The van der Waals surface area contributed by atoms with Crippen LogP contribution in [0.15, 0.2) is 12.1 Å². The lowest BCUT2D eigenvalue weighted by Crippen LogP contribution is -2.16. The molecule has 0 aromatic heterocycles. The van der Waals surface area contributed by atoms with Crippen LogP contribution in [0.25, 0.3) is 0 Å². The van der Waals surface area contributed by atoms with Gasteiger partial charge in [0.15, 0.2) is 5.78 Å². The van der Waals surface area contributed by atoms with Crippen molar-refractivity contribution < 1.29 is 4.79 Å². The number of hydrogen-bond donors (Lipinski definition) is 0. The third-order valence-electron chi connectivity index (χ3n) is 3.78. The van der Waals surface area contributed by atoms with E-state index < -0.39 is 0 Å². The van der Waals surface area contributed by atoms with Crippen LogP contribution < -0.4 is 0 Å². The van der Waals surface area contributed by atoms with Crippen LogP contribution in [0, 0.1) is 19.3 Å². The number of rotatable bonds is 3. The zero-order chi connectivity index (χ0) is 15.7. The van der Waals surface area contributed by atoms with E-state index in [4.69, 9.17) is 0 Å². The average molecular weight is 274 g/mol. The molecule has 0 amide bonds. The van der Waals surface area contributed by atoms with Crippen LogP contribution in [0.1, 0.15) is 81.4 Å². The number of benzene rings is 1. The van der Waals surface area contributed by atoms with E-state index in [9.17, 15) is 4.79 Å². The highest BCUT2D eigenvalue weighted by Gasteiger charge is 2.21. The Morgan fingerprint density at radius 3 is 1.95 bits per heavy atom. The molecule has 0 heterocycles. The summed E-state index contributed by atoms with van der Waals surface area (Å²) >= 11 is 0. The van der Waals surface area contributed by atoms with Gasteiger partial charge in [-0.15, -0.1) is 0 Å². The molecule has 0 atom stereocenters. The Kier molecular flexibility index (Phi) is 4.84. The van der Waals surface area contributed by atoms with Crippen molar-refractivity contribution in [1.29, 1.82) is 0 Å². The maximum absolute atomic E-state index is 12.5. The van der Waals surface area contributed by atoms with Crippen LogP contribution in [0.2, 0.25) is 0 Å². The Balaban J connectivity index is 3.10. The maximum Gasteiger partial charge on any atom is 0.163 e. The van der Waals surface area contributed by atoms with E-state index in [-0.39, 0.29) is 16.6 Å². The summed E-state index contributed by atoms with van der Waals surface area (Å²) in [5.74, 6) is 0.280. The van der Waals surface area contributed by atoms with Gasteiger partial charge in [0.05, 0.1) is 0 Å². The zero-order valence-electron chi connectivity index (χ0n) is 14.5. The van der Waals surface area contributed by atoms with E-state index in [1.807, 2.05) is 6.92 Å². The standard InChI is InChI=1S/C19H30O/c1-13-11-14(2)16(19(6,7)8)12-15(13)17(20)9-10-18(3,4)5/h11-12H,9-10H2,1-8H3. The second-order valence-electron chi connectivity index (χ2n) is 8.22. The second kappa shape index (κ2) is 5.71. The van der Waals surface area contributed by atoms with Gasteiger partial charge in [-0.05, 0) is 53.9 Å². The van der Waals surface area contributed by atoms with Gasteiger partial charge >= 0.3 is 0 Å². The molecular formula is C19H30O. The molecule has 0 bridgehead atoms. The van der Waals surface area contributed by atoms with Crippen LogP contribution >= 0.6 is 0 Å². The summed E-state index contributed by atoms with van der Waals surface area (Å²) in [5.41, 5.74) is 4.86. The van der Waals surface area contributed by atoms with Crippen LogP contribution in [0.3, 0.4) is 0 Å². The summed E-state index contributed by atoms with van der Waals surface area (Å²) in [7, 11) is 0. The first kappa shape index (κ1) is 16.9. The fourth-order valence-electron chi connectivity index (χ4n) is 2.58. The molecule has 1 aromatic rings. The molecule has 0 radical (unpaired) electrons. The summed E-state index contributed by atoms with van der Waals surface area (Å²) in [5, 5.41) is 0. The Bertz CT molecular complexity index is 496. The maximum atomic E-state index is 12.5. The monoisotopic (exact) mass is 274 g/mol. The number of Topliss-reactive ketones (excluding diaryl/α,β-unsaturated/α-hetero) is 1. The largest absolute Gasteiger partial charge is 0.294 e. The van der Waals surface area contributed by atoms with Crippen molar-refractivity contribution in [3.8, 4) is 0 Å². The third kappa shape index (κ3) is 4.47. The van der Waals surface area contributed by atoms with Crippen molar-refractivity contribution in [1.82, 2.24) is 0 Å². The molecule has 1 aromatic carbocycles. The van der Waals surface area contributed by atoms with Crippen molar-refractivity contribution >= 4 is 5.78 Å². The molecule has 1 rings (SSSR count). The molecule has 112 valence electrons. The highest BCUT2D eigenvalue weighted by atomic mass is 16.1. The molecule has 0 aliphatic carbocycles. The van der Waals surface area contributed by atoms with Crippen molar-refractivity contribution in [2.75, 3.05) is 0 Å². The average Bonchev–Trinajstić information content (AvgIpc) is 2.23. The first-order valence-corrected chi connectivity index (χ1v) is 7.57. The lowest BCUT2D eigenvalue weighted by atomic mass is 9.81. The number of aryl methyl sites for hydroxylation is 2. The first-order valence-electron chi connectivity index (χ1n) is 7.57. The normalized spacial score (nSPS) is 12.6. The molecule has 0 fully saturated rings. The van der Waals surface area contributed by atoms with E-state index in [0.29, 0.717) is 6.42 Å². The molecule has 0 saturated heterocycles. The minimum absolute atomic E-state index is 0.0802. The minimum atomic E-state index is 0.0802. The lowest BCUT2D eigenvalue weighted by Gasteiger charge is -2.24. The molecule has 0 unspecified atom stereocenters. The van der Waals surface area contributed by atoms with Crippen molar-refractivity contribution in [2.45, 2.75) is 73.6 Å². The molecule has 20 heavy (non-hydrogen) atoms. The molecule has 0 spiro atoms. The number of hydrogen-bond acceptors (Lipinski definition) is 1. The second-order valence-corrected chi connectivity index (χ2v) is 8.22. The number of ketones is 1. The van der Waals surface area contributed by atoms with Crippen molar-refractivity contribution in [3.63, 3.8) is 0 Å². The molecule has 0 N–H and O–H groups in total. The van der Waals surface area contributed by atoms with Gasteiger partial charge in [-0.25, -0.2) is 0 Å². The van der Waals surface area contributed by atoms with Gasteiger partial charge in [0.2, 0.25) is 0 Å². The quantitative estimate of drug-likeness (QED) is 0.655. The Morgan fingerprint density at radius 2 is 1.50 bits per heavy atom. The smallest absolute Gasteiger partial charge is 0.163 e. The number of carbonyl (C=O) groups is 1. The van der Waals surface area contributed by atoms with Crippen molar-refractivity contribution in [3.05, 3.63) is 34.4 Å². The van der Waals surface area contributed by atoms with E-state index in [2.05, 4.69) is 60.6 Å². The van der Waals surface area contributed by atoms with Gasteiger partial charge in [0, 0.05) is 12.0 Å². The Labute approximate surface area is 124 Å². The molecular weight excluding hydrogens is 244 g/mol. The molecule has 0 aliphatic rings. The summed E-state index contributed by atoms with van der Waals surface area (Å²) in [6.07, 6.45) is 1.57. The predicted octanol–water partition coefficient (Wildman–Crippen LogP) is 5.61. The van der Waals surface area contributed by atoms with E-state index in [0.717, 1.165) is 17.5 Å². The van der Waals surface area contributed by atoms with Gasteiger partial charge in [-0.3, -0.25) is 4.79 Å². The highest BCUT2D eigenvalue weighted by molar-refractivity contribution is 5.97. The summed E-state index contributed by atoms with van der Waals surface area (Å²) in [6.45, 7) is 17.3. The Hall–Kier alpha value is -1.11. The van der Waals surface area contributed by atoms with E-state index in [1.54, 1.807) is 0 Å². The van der Waals surface area contributed by atoms with Gasteiger partial charge < -0.3 is 0 Å². The van der Waals surface area contributed by atoms with Crippen LogP contribution in [0.5, 0.6) is 0 Å². The van der Waals surface area contributed by atoms with Gasteiger partial charge in [-0.2, -0.15) is 0 Å². The predicted molar refractivity (Wildman–Crippen MR) is 87.6 cm³/mol. The third-order valence-corrected chi connectivity index (χ3v) is 3.78. The fraction of sp³-hybridized carbons (Fsp3) is 0.632. The topological polar surface area (TPSA) is 17.1 Å². The van der Waals surface area contributed by atoms with Crippen molar-refractivity contribution in [2.24, 2.45) is 5.41 Å². The molecule has 1 nitrogen and oxygen atoms in total. The SMILES string of the molecule is Cc1cc(C)c(C(C)(C)C)cc1C(=O)CCC(C)(C)C. The summed E-state index contributed by atoms with van der Waals surface area (Å²) in [6, 6.07) is 4.28. The molecule has 0 aliphatic heterocycles. The number of carbonyl (C=O) groups excluding carboxylic acids is 1. The Morgan fingerprint density at radius 1 is 0.950 bits per heavy atom. The summed E-state index contributed by atoms with van der Waals surface area (Å²) in [4.78, 5) is 12.5. The first-order chi connectivity index (χ1) is 8.92. The van der Waals surface area contributed by atoms with Crippen LogP contribution in [-0.4, -0.2) is 5.78 Å². The van der Waals surface area contributed by atoms with E-state index >= 15 is 0 Å². The van der Waals surface area contributed by atoms with Crippen LogP contribution in [0.4, 0.5) is 0 Å². The highest BCUT2D eigenvalue weighted by Crippen LogP contribution is 2.29. The van der Waals surface area contributed by atoms with Gasteiger partial charge in [0.1, 0.15) is 0 Å². The molecule has 0 saturated carbocycles. The van der Waals surface area contributed by atoms with Gasteiger partial charge in [-0.1, -0.05) is 47.6 Å². The minimum Gasteiger partial charge on any atom is -0.294 e. The lowest BCUT2D eigenvalue weighted by molar-refractivity contribution is 0.0965. The summed E-state index contributed by atoms with van der Waals surface area (Å²) < 4.78 is 0. The van der Waals surface area contributed by atoms with Gasteiger partial charge in [0.25, 0.3) is 0 Å². The van der Waals surface area contributed by atoms with E-state index in [1.165, 1.54) is 11.1 Å². The zero-order valence-corrected chi connectivity index (χ0v) is 14.5. The van der Waals surface area contributed by atoms with Crippen LogP contribution in [-0.2, 0) is 5.41 Å². The molecule has 1 heteroatoms.